The number of fused-ring (bicyclic) bond motifs is 3. The molecular weight excluding hydrogens is 281 g/mol. The first kappa shape index (κ1) is 13.7. The summed E-state index contributed by atoms with van der Waals surface area (Å²) < 4.78 is 14.8. The number of hydrogen-bond acceptors (Lipinski definition) is 3. The van der Waals surface area contributed by atoms with Gasteiger partial charge >= 0.3 is 0 Å². The number of hydrogen-bond donors (Lipinski definition) is 4. The molecule has 0 saturated carbocycles. The molecule has 2 unspecified atom stereocenters. The van der Waals surface area contributed by atoms with Crippen LogP contribution in [0.3, 0.4) is 0 Å². The van der Waals surface area contributed by atoms with Crippen LogP contribution in [0.15, 0.2) is 30.3 Å². The molecule has 1 aliphatic rings. The minimum absolute atomic E-state index is 0.144. The zero-order valence-corrected chi connectivity index (χ0v) is 12.1. The molecule has 1 aliphatic heterocycles. The van der Waals surface area contributed by atoms with E-state index in [1.54, 1.807) is 0 Å². The lowest BCUT2D eigenvalue weighted by molar-refractivity contribution is 0.187. The van der Waals surface area contributed by atoms with Crippen LogP contribution in [0.2, 0.25) is 0 Å². The van der Waals surface area contributed by atoms with E-state index < -0.39 is 6.23 Å². The molecule has 3 aromatic rings. The number of nitrogens with two attached hydrogens (primary N) is 1. The van der Waals surface area contributed by atoms with Crippen molar-refractivity contribution in [1.82, 2.24) is 10.3 Å². The summed E-state index contributed by atoms with van der Waals surface area (Å²) in [5, 5.41) is 14.9. The molecular formula is C17H18FN3O. The fourth-order valence-electron chi connectivity index (χ4n) is 3.58. The summed E-state index contributed by atoms with van der Waals surface area (Å²) in [6.07, 6.45) is -0.295. The van der Waals surface area contributed by atoms with Crippen LogP contribution in [-0.4, -0.2) is 23.2 Å². The molecule has 5 heteroatoms. The highest BCUT2D eigenvalue weighted by Gasteiger charge is 2.26. The molecule has 1 aromatic heterocycles. The molecule has 4 nitrogen and oxygen atoms in total. The molecule has 0 radical (unpaired) electrons. The quantitative estimate of drug-likeness (QED) is 0.549. The van der Waals surface area contributed by atoms with Gasteiger partial charge in [0.1, 0.15) is 12.0 Å². The summed E-state index contributed by atoms with van der Waals surface area (Å²) in [6.45, 7) is 1.67. The van der Waals surface area contributed by atoms with Gasteiger partial charge in [0.05, 0.1) is 5.52 Å². The third-order valence-corrected chi connectivity index (χ3v) is 4.59. The Kier molecular flexibility index (Phi) is 3.14. The van der Waals surface area contributed by atoms with Crippen LogP contribution in [0, 0.1) is 5.82 Å². The largest absolute Gasteiger partial charge is 0.374 e. The zero-order chi connectivity index (χ0) is 15.3. The molecule has 2 aromatic carbocycles. The first-order chi connectivity index (χ1) is 10.7. The van der Waals surface area contributed by atoms with Gasteiger partial charge in [-0.25, -0.2) is 4.39 Å². The minimum Gasteiger partial charge on any atom is -0.374 e. The van der Waals surface area contributed by atoms with Gasteiger partial charge in [-0.05, 0) is 25.1 Å². The standard InChI is InChI=1S/C17H18FN3O/c18-12-7-11(17(19)22)16-15(14(12)9-5-6-20-8-9)10-3-1-2-4-13(10)21-16/h1-4,7,9,17,20-22H,5-6,8,19H2. The molecule has 0 spiro atoms. The van der Waals surface area contributed by atoms with E-state index in [2.05, 4.69) is 10.3 Å². The van der Waals surface area contributed by atoms with Crippen molar-refractivity contribution in [2.45, 2.75) is 18.6 Å². The average Bonchev–Trinajstić information content (AvgIpc) is 3.14. The Labute approximate surface area is 127 Å². The van der Waals surface area contributed by atoms with E-state index in [1.165, 1.54) is 6.07 Å². The summed E-state index contributed by atoms with van der Waals surface area (Å²) in [7, 11) is 0. The van der Waals surface area contributed by atoms with Gasteiger partial charge in [-0.15, -0.1) is 0 Å². The van der Waals surface area contributed by atoms with Crippen LogP contribution < -0.4 is 11.1 Å². The van der Waals surface area contributed by atoms with Gasteiger partial charge in [-0.3, -0.25) is 0 Å². The van der Waals surface area contributed by atoms with Crippen molar-refractivity contribution >= 4 is 21.8 Å². The van der Waals surface area contributed by atoms with E-state index in [0.717, 1.165) is 46.9 Å². The third kappa shape index (κ3) is 1.94. The summed E-state index contributed by atoms with van der Waals surface area (Å²) in [6, 6.07) is 9.18. The van der Waals surface area contributed by atoms with Crippen molar-refractivity contribution in [3.05, 3.63) is 47.3 Å². The summed E-state index contributed by atoms with van der Waals surface area (Å²) in [5.41, 5.74) is 8.42. The second-order valence-electron chi connectivity index (χ2n) is 5.92. The number of benzene rings is 2. The predicted molar refractivity (Wildman–Crippen MR) is 85.1 cm³/mol. The predicted octanol–water partition coefficient (Wildman–Crippen LogP) is 2.49. The number of para-hydroxylation sites is 1. The molecule has 114 valence electrons. The van der Waals surface area contributed by atoms with E-state index in [0.29, 0.717) is 5.56 Å². The Morgan fingerprint density at radius 2 is 2.14 bits per heavy atom. The van der Waals surface area contributed by atoms with E-state index in [-0.39, 0.29) is 11.7 Å². The lowest BCUT2D eigenvalue weighted by atomic mass is 9.91. The smallest absolute Gasteiger partial charge is 0.130 e. The van der Waals surface area contributed by atoms with Crippen molar-refractivity contribution in [2.24, 2.45) is 5.73 Å². The Morgan fingerprint density at radius 1 is 1.32 bits per heavy atom. The Bertz CT molecular complexity index is 850. The van der Waals surface area contributed by atoms with E-state index in [1.807, 2.05) is 24.3 Å². The van der Waals surface area contributed by atoms with Gasteiger partial charge < -0.3 is 21.1 Å². The maximum Gasteiger partial charge on any atom is 0.130 e. The van der Waals surface area contributed by atoms with Crippen LogP contribution in [-0.2, 0) is 0 Å². The molecule has 1 saturated heterocycles. The number of halogens is 1. The fraction of sp³-hybridized carbons (Fsp3) is 0.294. The van der Waals surface area contributed by atoms with E-state index in [4.69, 9.17) is 5.73 Å². The molecule has 0 amide bonds. The summed E-state index contributed by atoms with van der Waals surface area (Å²) in [5.74, 6) is -0.142. The number of H-pyrrole nitrogens is 1. The zero-order valence-electron chi connectivity index (χ0n) is 12.1. The number of nitrogens with one attached hydrogen (secondary N) is 2. The van der Waals surface area contributed by atoms with Gasteiger partial charge in [0.15, 0.2) is 0 Å². The van der Waals surface area contributed by atoms with Gasteiger partial charge in [0.2, 0.25) is 0 Å². The second-order valence-corrected chi connectivity index (χ2v) is 5.92. The van der Waals surface area contributed by atoms with Crippen LogP contribution in [0.25, 0.3) is 21.8 Å². The molecule has 4 rings (SSSR count). The molecule has 5 N–H and O–H groups in total. The minimum atomic E-state index is -1.21. The maximum atomic E-state index is 14.8. The first-order valence-electron chi connectivity index (χ1n) is 7.54. The van der Waals surface area contributed by atoms with E-state index in [9.17, 15) is 9.50 Å². The monoisotopic (exact) mass is 299 g/mol. The van der Waals surface area contributed by atoms with Gasteiger partial charge in [-0.1, -0.05) is 18.2 Å². The molecule has 1 fully saturated rings. The number of aromatic amines is 1. The average molecular weight is 299 g/mol. The van der Waals surface area contributed by atoms with Crippen molar-refractivity contribution in [1.29, 1.82) is 0 Å². The normalized spacial score (nSPS) is 20.0. The van der Waals surface area contributed by atoms with Gasteiger partial charge in [0, 0.05) is 39.9 Å². The summed E-state index contributed by atoms with van der Waals surface area (Å²) in [4.78, 5) is 3.29. The van der Waals surface area contributed by atoms with Gasteiger partial charge in [-0.2, -0.15) is 0 Å². The number of rotatable bonds is 2. The van der Waals surface area contributed by atoms with Crippen LogP contribution in [0.5, 0.6) is 0 Å². The lowest BCUT2D eigenvalue weighted by Crippen LogP contribution is -2.13. The SMILES string of the molecule is NC(O)c1cc(F)c(C2CCNC2)c2c1[nH]c1ccccc12. The van der Waals surface area contributed by atoms with Crippen molar-refractivity contribution in [2.75, 3.05) is 13.1 Å². The Balaban J connectivity index is 2.14. The Hall–Kier alpha value is -1.95. The highest BCUT2D eigenvalue weighted by molar-refractivity contribution is 6.10. The molecule has 0 aliphatic carbocycles. The summed E-state index contributed by atoms with van der Waals surface area (Å²) >= 11 is 0. The third-order valence-electron chi connectivity index (χ3n) is 4.59. The lowest BCUT2D eigenvalue weighted by Gasteiger charge is -2.16. The van der Waals surface area contributed by atoms with Crippen molar-refractivity contribution < 1.29 is 9.50 Å². The topological polar surface area (TPSA) is 74.1 Å². The van der Waals surface area contributed by atoms with Crippen LogP contribution >= 0.6 is 0 Å². The number of aliphatic hydroxyl groups is 1. The van der Waals surface area contributed by atoms with Crippen LogP contribution in [0.1, 0.15) is 29.7 Å². The highest BCUT2D eigenvalue weighted by atomic mass is 19.1. The van der Waals surface area contributed by atoms with Crippen LogP contribution in [0.4, 0.5) is 4.39 Å². The fourth-order valence-corrected chi connectivity index (χ4v) is 3.58. The molecule has 0 bridgehead atoms. The highest BCUT2D eigenvalue weighted by Crippen LogP contribution is 2.39. The van der Waals surface area contributed by atoms with Gasteiger partial charge in [0.25, 0.3) is 0 Å². The number of aromatic nitrogens is 1. The first-order valence-corrected chi connectivity index (χ1v) is 7.54. The second kappa shape index (κ2) is 5.05. The molecule has 22 heavy (non-hydrogen) atoms. The van der Waals surface area contributed by atoms with E-state index >= 15 is 0 Å². The Morgan fingerprint density at radius 3 is 2.86 bits per heavy atom. The van der Waals surface area contributed by atoms with Crippen molar-refractivity contribution in [3.8, 4) is 0 Å². The number of aliphatic hydroxyl groups excluding tert-OH is 1. The van der Waals surface area contributed by atoms with Crippen molar-refractivity contribution in [3.63, 3.8) is 0 Å². The maximum absolute atomic E-state index is 14.8. The molecule has 2 heterocycles. The molecule has 2 atom stereocenters.